The Labute approximate surface area is 148 Å². The Kier molecular flexibility index (Phi) is 5.60. The normalized spacial score (nSPS) is 11.6. The quantitative estimate of drug-likeness (QED) is 0.632. The van der Waals surface area contributed by atoms with Gasteiger partial charge in [-0.05, 0) is 32.8 Å². The molecule has 0 spiro atoms. The number of fused-ring (bicyclic) bond motifs is 1. The molecule has 0 fully saturated rings. The van der Waals surface area contributed by atoms with Gasteiger partial charge in [0.05, 0.1) is 5.69 Å². The Morgan fingerprint density at radius 1 is 1.16 bits per heavy atom. The van der Waals surface area contributed by atoms with E-state index >= 15 is 0 Å². The average Bonchev–Trinajstić information content (AvgIpc) is 3.00. The van der Waals surface area contributed by atoms with Gasteiger partial charge in [-0.15, -0.1) is 0 Å². The maximum Gasteiger partial charge on any atom is 0.263 e. The zero-order valence-corrected chi connectivity index (χ0v) is 15.1. The van der Waals surface area contributed by atoms with Crippen molar-refractivity contribution in [2.24, 2.45) is 0 Å². The van der Waals surface area contributed by atoms with Crippen LogP contribution in [0, 0.1) is 6.92 Å². The number of aromatic nitrogens is 3. The van der Waals surface area contributed by atoms with Crippen molar-refractivity contribution in [3.63, 3.8) is 0 Å². The summed E-state index contributed by atoms with van der Waals surface area (Å²) in [5, 5.41) is 8.22. The van der Waals surface area contributed by atoms with Crippen molar-refractivity contribution >= 4 is 16.9 Å². The van der Waals surface area contributed by atoms with Crippen LogP contribution in [0.1, 0.15) is 31.5 Å². The van der Waals surface area contributed by atoms with Gasteiger partial charge in [0, 0.05) is 25.7 Å². The van der Waals surface area contributed by atoms with Crippen LogP contribution in [0.3, 0.4) is 0 Å². The minimum absolute atomic E-state index is 0.506. The van der Waals surface area contributed by atoms with Crippen molar-refractivity contribution in [2.45, 2.75) is 39.8 Å². The smallest absolute Gasteiger partial charge is 0.263 e. The van der Waals surface area contributed by atoms with Crippen molar-refractivity contribution < 1.29 is 4.52 Å². The van der Waals surface area contributed by atoms with Gasteiger partial charge in [-0.2, -0.15) is 4.98 Å². The van der Waals surface area contributed by atoms with Gasteiger partial charge in [-0.25, -0.2) is 4.98 Å². The summed E-state index contributed by atoms with van der Waals surface area (Å²) in [6.07, 6.45) is 2.53. The third-order valence-electron chi connectivity index (χ3n) is 4.32. The SMILES string of the molecule is Cc1noc2ncnc(NCCCN(Cc3ccccc3)C(C)C)c12. The van der Waals surface area contributed by atoms with Crippen LogP contribution in [0.5, 0.6) is 0 Å². The van der Waals surface area contributed by atoms with Gasteiger partial charge in [-0.3, -0.25) is 4.90 Å². The summed E-state index contributed by atoms with van der Waals surface area (Å²) in [6, 6.07) is 11.1. The largest absolute Gasteiger partial charge is 0.369 e. The number of nitrogens with one attached hydrogen (secondary N) is 1. The van der Waals surface area contributed by atoms with E-state index in [2.05, 4.69) is 69.5 Å². The molecule has 0 atom stereocenters. The topological polar surface area (TPSA) is 67.1 Å². The molecule has 0 radical (unpaired) electrons. The molecule has 0 aliphatic heterocycles. The van der Waals surface area contributed by atoms with Crippen molar-refractivity contribution in [3.05, 3.63) is 47.9 Å². The first kappa shape index (κ1) is 17.4. The molecule has 0 saturated heterocycles. The molecular formula is C19H25N5O. The highest BCUT2D eigenvalue weighted by Crippen LogP contribution is 2.22. The number of hydrogen-bond acceptors (Lipinski definition) is 6. The number of benzene rings is 1. The molecule has 3 rings (SSSR count). The number of rotatable bonds is 8. The first-order valence-electron chi connectivity index (χ1n) is 8.74. The molecule has 1 aromatic carbocycles. The average molecular weight is 339 g/mol. The third-order valence-corrected chi connectivity index (χ3v) is 4.32. The highest BCUT2D eigenvalue weighted by atomic mass is 16.5. The van der Waals surface area contributed by atoms with E-state index in [0.29, 0.717) is 11.8 Å². The van der Waals surface area contributed by atoms with Gasteiger partial charge >= 0.3 is 0 Å². The van der Waals surface area contributed by atoms with Crippen LogP contribution in [0.4, 0.5) is 5.82 Å². The summed E-state index contributed by atoms with van der Waals surface area (Å²) >= 11 is 0. The number of hydrogen-bond donors (Lipinski definition) is 1. The van der Waals surface area contributed by atoms with Crippen molar-refractivity contribution in [3.8, 4) is 0 Å². The van der Waals surface area contributed by atoms with Crippen molar-refractivity contribution in [2.75, 3.05) is 18.4 Å². The third kappa shape index (κ3) is 4.33. The molecule has 3 aromatic rings. The molecular weight excluding hydrogens is 314 g/mol. The van der Waals surface area contributed by atoms with Crippen LogP contribution in [0.25, 0.3) is 11.1 Å². The summed E-state index contributed by atoms with van der Waals surface area (Å²) < 4.78 is 5.18. The summed E-state index contributed by atoms with van der Waals surface area (Å²) in [7, 11) is 0. The molecule has 6 nitrogen and oxygen atoms in total. The number of anilines is 1. The summed E-state index contributed by atoms with van der Waals surface area (Å²) in [5.74, 6) is 0.794. The second-order valence-corrected chi connectivity index (χ2v) is 6.50. The van der Waals surface area contributed by atoms with Crippen LogP contribution in [-0.2, 0) is 6.54 Å². The Bertz CT molecular complexity index is 800. The fourth-order valence-corrected chi connectivity index (χ4v) is 2.88. The zero-order valence-electron chi connectivity index (χ0n) is 15.1. The monoisotopic (exact) mass is 339 g/mol. The molecule has 132 valence electrons. The summed E-state index contributed by atoms with van der Waals surface area (Å²) in [6.45, 7) is 9.22. The molecule has 0 saturated carbocycles. The lowest BCUT2D eigenvalue weighted by Gasteiger charge is -2.26. The van der Waals surface area contributed by atoms with E-state index in [1.54, 1.807) is 0 Å². The van der Waals surface area contributed by atoms with Crippen molar-refractivity contribution in [1.82, 2.24) is 20.0 Å². The lowest BCUT2D eigenvalue weighted by Crippen LogP contribution is -2.32. The first-order valence-corrected chi connectivity index (χ1v) is 8.74. The molecule has 2 heterocycles. The van der Waals surface area contributed by atoms with Crippen LogP contribution in [-0.4, -0.2) is 39.2 Å². The van der Waals surface area contributed by atoms with Gasteiger partial charge in [-0.1, -0.05) is 35.5 Å². The van der Waals surface area contributed by atoms with Crippen molar-refractivity contribution in [1.29, 1.82) is 0 Å². The Hall–Kier alpha value is -2.47. The van der Waals surface area contributed by atoms with Crippen LogP contribution in [0.15, 0.2) is 41.2 Å². The van der Waals surface area contributed by atoms with Gasteiger partial charge in [0.25, 0.3) is 5.71 Å². The van der Waals surface area contributed by atoms with Gasteiger partial charge in [0.15, 0.2) is 0 Å². The molecule has 0 aliphatic rings. The first-order chi connectivity index (χ1) is 12.1. The molecule has 0 aliphatic carbocycles. The fourth-order valence-electron chi connectivity index (χ4n) is 2.88. The van der Waals surface area contributed by atoms with E-state index in [1.807, 2.05) is 6.92 Å². The highest BCUT2D eigenvalue weighted by molar-refractivity contribution is 5.87. The molecule has 0 bridgehead atoms. The van der Waals surface area contributed by atoms with Crippen LogP contribution < -0.4 is 5.32 Å². The number of aryl methyl sites for hydroxylation is 1. The van der Waals surface area contributed by atoms with Gasteiger partial charge < -0.3 is 9.84 Å². The van der Waals surface area contributed by atoms with Gasteiger partial charge in [0.1, 0.15) is 17.5 Å². The van der Waals surface area contributed by atoms with Crippen LogP contribution >= 0.6 is 0 Å². The lowest BCUT2D eigenvalue weighted by atomic mass is 10.2. The standard InChI is InChI=1S/C19H25N5O/c1-14(2)24(12-16-8-5-4-6-9-16)11-7-10-20-18-17-15(3)23-25-19(17)22-13-21-18/h4-6,8-9,13-14H,7,10-12H2,1-3H3,(H,20,21,22). The second-order valence-electron chi connectivity index (χ2n) is 6.50. The maximum atomic E-state index is 5.18. The van der Waals surface area contributed by atoms with E-state index in [1.165, 1.54) is 11.9 Å². The summed E-state index contributed by atoms with van der Waals surface area (Å²) in [5.41, 5.74) is 2.69. The Morgan fingerprint density at radius 3 is 2.72 bits per heavy atom. The Morgan fingerprint density at radius 2 is 1.96 bits per heavy atom. The lowest BCUT2D eigenvalue weighted by molar-refractivity contribution is 0.212. The minimum atomic E-state index is 0.506. The van der Waals surface area contributed by atoms with E-state index in [4.69, 9.17) is 4.52 Å². The zero-order chi connectivity index (χ0) is 17.6. The van der Waals surface area contributed by atoms with E-state index in [9.17, 15) is 0 Å². The predicted molar refractivity (Wildman–Crippen MR) is 99.4 cm³/mol. The molecule has 2 aromatic heterocycles. The van der Waals surface area contributed by atoms with E-state index in [-0.39, 0.29) is 0 Å². The predicted octanol–water partition coefficient (Wildman–Crippen LogP) is 3.64. The second kappa shape index (κ2) is 8.07. The molecule has 0 unspecified atom stereocenters. The van der Waals surface area contributed by atoms with E-state index in [0.717, 1.165) is 43.0 Å². The number of nitrogens with zero attached hydrogens (tertiary/aromatic N) is 4. The maximum absolute atomic E-state index is 5.18. The minimum Gasteiger partial charge on any atom is -0.369 e. The van der Waals surface area contributed by atoms with Gasteiger partial charge in [0.2, 0.25) is 0 Å². The highest BCUT2D eigenvalue weighted by Gasteiger charge is 2.12. The fraction of sp³-hybridized carbons (Fsp3) is 0.421. The Balaban J connectivity index is 1.55. The molecule has 1 N–H and O–H groups in total. The molecule has 0 amide bonds. The molecule has 25 heavy (non-hydrogen) atoms. The van der Waals surface area contributed by atoms with Crippen LogP contribution in [0.2, 0.25) is 0 Å². The molecule has 6 heteroatoms. The summed E-state index contributed by atoms with van der Waals surface area (Å²) in [4.78, 5) is 10.9. The van der Waals surface area contributed by atoms with E-state index < -0.39 is 0 Å².